The van der Waals surface area contributed by atoms with Gasteiger partial charge in [0.2, 0.25) is 0 Å². The Labute approximate surface area is 168 Å². The molecule has 0 radical (unpaired) electrons. The molecule has 4 aromatic rings. The normalized spacial score (nSPS) is 11.4. The highest BCUT2D eigenvalue weighted by atomic mass is 19.4. The molecule has 1 N–H and O–H groups in total. The van der Waals surface area contributed by atoms with Crippen molar-refractivity contribution in [3.63, 3.8) is 0 Å². The van der Waals surface area contributed by atoms with E-state index in [0.29, 0.717) is 22.2 Å². The number of aromatic nitrogens is 3. The van der Waals surface area contributed by atoms with Crippen molar-refractivity contribution in [2.45, 2.75) is 6.18 Å². The molecule has 4 rings (SSSR count). The Morgan fingerprint density at radius 3 is 2.43 bits per heavy atom. The number of nitrogens with one attached hydrogen (secondary N) is 1. The summed E-state index contributed by atoms with van der Waals surface area (Å²) in [6.45, 7) is 0. The molecular formula is C21H12F3N4O2-. The molecule has 0 aliphatic heterocycles. The minimum atomic E-state index is -4.46. The van der Waals surface area contributed by atoms with Crippen LogP contribution >= 0.6 is 0 Å². The number of anilines is 2. The largest absolute Gasteiger partial charge is 0.545 e. The second kappa shape index (κ2) is 7.43. The van der Waals surface area contributed by atoms with E-state index in [9.17, 15) is 23.1 Å². The van der Waals surface area contributed by atoms with Gasteiger partial charge in [-0.05, 0) is 35.9 Å². The number of benzene rings is 2. The number of alkyl halides is 3. The topological polar surface area (TPSA) is 90.8 Å². The van der Waals surface area contributed by atoms with Crippen molar-refractivity contribution in [1.82, 2.24) is 15.2 Å². The highest BCUT2D eigenvalue weighted by Crippen LogP contribution is 2.33. The summed E-state index contributed by atoms with van der Waals surface area (Å²) in [6, 6.07) is 14.0. The van der Waals surface area contributed by atoms with Crippen molar-refractivity contribution < 1.29 is 23.1 Å². The molecular weight excluding hydrogens is 397 g/mol. The first-order valence-electron chi connectivity index (χ1n) is 8.70. The Morgan fingerprint density at radius 1 is 0.967 bits per heavy atom. The molecule has 0 fully saturated rings. The number of rotatable bonds is 4. The Kier molecular flexibility index (Phi) is 4.78. The highest BCUT2D eigenvalue weighted by molar-refractivity contribution is 5.98. The number of aromatic carboxylic acids is 1. The molecule has 0 amide bonds. The molecule has 150 valence electrons. The van der Waals surface area contributed by atoms with Gasteiger partial charge in [-0.15, -0.1) is 10.2 Å². The first-order chi connectivity index (χ1) is 14.3. The third kappa shape index (κ3) is 3.77. The van der Waals surface area contributed by atoms with Crippen LogP contribution in [0.2, 0.25) is 0 Å². The van der Waals surface area contributed by atoms with Gasteiger partial charge in [0.05, 0.1) is 11.5 Å². The first kappa shape index (κ1) is 19.3. The fourth-order valence-corrected chi connectivity index (χ4v) is 2.95. The van der Waals surface area contributed by atoms with Crippen molar-refractivity contribution in [1.29, 1.82) is 0 Å². The summed E-state index contributed by atoms with van der Waals surface area (Å²) in [4.78, 5) is 15.3. The summed E-state index contributed by atoms with van der Waals surface area (Å²) in [5.74, 6) is -1.05. The zero-order valence-electron chi connectivity index (χ0n) is 15.1. The van der Waals surface area contributed by atoms with E-state index in [4.69, 9.17) is 0 Å². The van der Waals surface area contributed by atoms with Crippen molar-refractivity contribution in [2.75, 3.05) is 5.32 Å². The van der Waals surface area contributed by atoms with Crippen LogP contribution < -0.4 is 10.4 Å². The lowest BCUT2D eigenvalue weighted by Gasteiger charge is -2.12. The van der Waals surface area contributed by atoms with Gasteiger partial charge in [0.1, 0.15) is 11.2 Å². The predicted molar refractivity (Wildman–Crippen MR) is 102 cm³/mol. The van der Waals surface area contributed by atoms with Crippen LogP contribution in [0.3, 0.4) is 0 Å². The van der Waals surface area contributed by atoms with E-state index < -0.39 is 17.7 Å². The molecule has 2 aromatic heterocycles. The Morgan fingerprint density at radius 2 is 1.73 bits per heavy atom. The fourth-order valence-electron chi connectivity index (χ4n) is 2.95. The summed E-state index contributed by atoms with van der Waals surface area (Å²) in [5, 5.41) is 22.6. The molecule has 0 spiro atoms. The maximum atomic E-state index is 13.0. The van der Waals surface area contributed by atoms with Gasteiger partial charge in [-0.1, -0.05) is 30.3 Å². The molecule has 6 nitrogen and oxygen atoms in total. The standard InChI is InChI=1S/C21H13F3N4O2/c22-21(23,24)14-3-1-4-15(11-14)26-19-16-5-2-10-25-18(16)17(27-28-19)12-6-8-13(9-7-12)20(29)30/h1-11H,(H,26,28)(H,29,30)/p-1. The Balaban J connectivity index is 1.75. The molecule has 30 heavy (non-hydrogen) atoms. The number of carboxylic acid groups (broad SMARTS) is 1. The fraction of sp³-hybridized carbons (Fsp3) is 0.0476. The zero-order valence-corrected chi connectivity index (χ0v) is 15.1. The smallest absolute Gasteiger partial charge is 0.416 e. The molecule has 0 saturated carbocycles. The predicted octanol–water partition coefficient (Wildman–Crippen LogP) is 3.82. The lowest BCUT2D eigenvalue weighted by Crippen LogP contribution is -2.21. The van der Waals surface area contributed by atoms with E-state index in [1.165, 1.54) is 24.3 Å². The van der Waals surface area contributed by atoms with Gasteiger partial charge in [0.25, 0.3) is 0 Å². The van der Waals surface area contributed by atoms with E-state index in [0.717, 1.165) is 12.1 Å². The molecule has 2 aromatic carbocycles. The van der Waals surface area contributed by atoms with Gasteiger partial charge in [-0.3, -0.25) is 4.98 Å². The minimum absolute atomic E-state index is 0.0202. The molecule has 2 heterocycles. The summed E-state index contributed by atoms with van der Waals surface area (Å²) in [7, 11) is 0. The SMILES string of the molecule is O=C([O-])c1ccc(-c2nnc(Nc3cccc(C(F)(F)F)c3)c3cccnc23)cc1. The summed E-state index contributed by atoms with van der Waals surface area (Å²) < 4.78 is 38.9. The van der Waals surface area contributed by atoms with Gasteiger partial charge in [0, 0.05) is 22.8 Å². The monoisotopic (exact) mass is 409 g/mol. The van der Waals surface area contributed by atoms with Crippen LogP contribution in [0.15, 0.2) is 66.9 Å². The average molecular weight is 409 g/mol. The van der Waals surface area contributed by atoms with Crippen LogP contribution in [0.25, 0.3) is 22.2 Å². The molecule has 0 saturated heterocycles. The maximum absolute atomic E-state index is 13.0. The number of carbonyl (C=O) groups is 1. The second-order valence-electron chi connectivity index (χ2n) is 6.37. The molecule has 0 unspecified atom stereocenters. The molecule has 9 heteroatoms. The molecule has 0 aliphatic rings. The van der Waals surface area contributed by atoms with Crippen LogP contribution in [-0.4, -0.2) is 21.2 Å². The number of pyridine rings is 1. The Hall–Kier alpha value is -4.01. The lowest BCUT2D eigenvalue weighted by atomic mass is 10.1. The zero-order chi connectivity index (χ0) is 21.3. The van der Waals surface area contributed by atoms with Crippen molar-refractivity contribution in [3.8, 4) is 11.3 Å². The van der Waals surface area contributed by atoms with E-state index in [1.54, 1.807) is 30.5 Å². The van der Waals surface area contributed by atoms with E-state index in [-0.39, 0.29) is 17.1 Å². The van der Waals surface area contributed by atoms with E-state index in [1.807, 2.05) is 0 Å². The third-order valence-corrected chi connectivity index (χ3v) is 4.38. The van der Waals surface area contributed by atoms with Gasteiger partial charge in [0.15, 0.2) is 5.82 Å². The number of fused-ring (bicyclic) bond motifs is 1. The summed E-state index contributed by atoms with van der Waals surface area (Å²) in [6.07, 6.45) is -2.91. The van der Waals surface area contributed by atoms with Gasteiger partial charge in [-0.2, -0.15) is 13.2 Å². The van der Waals surface area contributed by atoms with Gasteiger partial charge in [-0.25, -0.2) is 0 Å². The number of hydrogen-bond acceptors (Lipinski definition) is 6. The molecule has 0 aliphatic carbocycles. The highest BCUT2D eigenvalue weighted by Gasteiger charge is 2.30. The minimum Gasteiger partial charge on any atom is -0.545 e. The maximum Gasteiger partial charge on any atom is 0.416 e. The van der Waals surface area contributed by atoms with E-state index in [2.05, 4.69) is 20.5 Å². The van der Waals surface area contributed by atoms with E-state index >= 15 is 0 Å². The number of carboxylic acids is 1. The lowest BCUT2D eigenvalue weighted by molar-refractivity contribution is -0.255. The quantitative estimate of drug-likeness (QED) is 0.551. The average Bonchev–Trinajstić information content (AvgIpc) is 2.74. The Bertz CT molecular complexity index is 1240. The van der Waals surface area contributed by atoms with Crippen LogP contribution in [-0.2, 0) is 6.18 Å². The van der Waals surface area contributed by atoms with Crippen molar-refractivity contribution in [3.05, 3.63) is 78.0 Å². The van der Waals surface area contributed by atoms with Crippen molar-refractivity contribution in [2.24, 2.45) is 0 Å². The third-order valence-electron chi connectivity index (χ3n) is 4.38. The number of carbonyl (C=O) groups excluding carboxylic acids is 1. The van der Waals surface area contributed by atoms with Crippen LogP contribution in [0.1, 0.15) is 15.9 Å². The van der Waals surface area contributed by atoms with Crippen molar-refractivity contribution >= 4 is 28.4 Å². The number of nitrogens with zero attached hydrogens (tertiary/aromatic N) is 3. The number of halogens is 3. The number of hydrogen-bond donors (Lipinski definition) is 1. The second-order valence-corrected chi connectivity index (χ2v) is 6.37. The van der Waals surface area contributed by atoms with Crippen LogP contribution in [0.5, 0.6) is 0 Å². The molecule has 0 bridgehead atoms. The first-order valence-corrected chi connectivity index (χ1v) is 8.70. The van der Waals surface area contributed by atoms with Gasteiger partial charge >= 0.3 is 6.18 Å². The van der Waals surface area contributed by atoms with Gasteiger partial charge < -0.3 is 15.2 Å². The van der Waals surface area contributed by atoms with Crippen LogP contribution in [0.4, 0.5) is 24.7 Å². The summed E-state index contributed by atoms with van der Waals surface area (Å²) >= 11 is 0. The van der Waals surface area contributed by atoms with Crippen LogP contribution in [0, 0.1) is 0 Å². The summed E-state index contributed by atoms with van der Waals surface area (Å²) in [5.41, 5.74) is 0.893. The molecule has 0 atom stereocenters.